The smallest absolute Gasteiger partial charge is 0.232 e. The van der Waals surface area contributed by atoms with E-state index in [2.05, 4.69) is 14.7 Å². The van der Waals surface area contributed by atoms with Crippen LogP contribution in [0.25, 0.3) is 22.2 Å². The molecule has 4 rings (SSSR count). The molecule has 0 fully saturated rings. The molecule has 0 aliphatic rings. The maximum Gasteiger partial charge on any atom is 0.232 e. The molecule has 0 amide bonds. The maximum atomic E-state index is 15.3. The molecule has 0 spiro atoms. The van der Waals surface area contributed by atoms with Gasteiger partial charge in [0.15, 0.2) is 11.6 Å². The normalized spacial score (nSPS) is 11.6. The van der Waals surface area contributed by atoms with Crippen LogP contribution >= 0.6 is 11.6 Å². The maximum absolute atomic E-state index is 15.3. The quantitative estimate of drug-likeness (QED) is 0.328. The summed E-state index contributed by atoms with van der Waals surface area (Å²) in [5.74, 6) is -1.62. The molecule has 9 heteroatoms. The van der Waals surface area contributed by atoms with Crippen LogP contribution in [0.1, 0.15) is 34.8 Å². The van der Waals surface area contributed by atoms with Crippen molar-refractivity contribution in [3.05, 3.63) is 82.4 Å². The number of ketones is 1. The van der Waals surface area contributed by atoms with Gasteiger partial charge in [0.2, 0.25) is 10.0 Å². The lowest BCUT2D eigenvalue weighted by atomic mass is 9.97. The first-order valence-corrected chi connectivity index (χ1v) is 12.3. The Kier molecular flexibility index (Phi) is 6.23. The first kappa shape index (κ1) is 22.9. The van der Waals surface area contributed by atoms with Crippen molar-refractivity contribution in [2.75, 3.05) is 10.5 Å². The van der Waals surface area contributed by atoms with Crippen LogP contribution in [0.2, 0.25) is 5.02 Å². The van der Waals surface area contributed by atoms with E-state index in [0.717, 1.165) is 11.1 Å². The summed E-state index contributed by atoms with van der Waals surface area (Å²) in [6.07, 6.45) is 3.54. The molecule has 0 aliphatic heterocycles. The Morgan fingerprint density at radius 2 is 1.88 bits per heavy atom. The summed E-state index contributed by atoms with van der Waals surface area (Å²) in [5, 5.41) is 1.13. The second-order valence-corrected chi connectivity index (χ2v) is 9.98. The number of hydrogen-bond acceptors (Lipinski definition) is 4. The summed E-state index contributed by atoms with van der Waals surface area (Å²) in [7, 11) is -3.72. The van der Waals surface area contributed by atoms with Crippen molar-refractivity contribution in [1.82, 2.24) is 9.97 Å². The monoisotopic (exact) mass is 485 g/mol. The van der Waals surface area contributed by atoms with Crippen molar-refractivity contribution < 1.29 is 17.6 Å². The van der Waals surface area contributed by atoms with Crippen molar-refractivity contribution in [2.24, 2.45) is 0 Å². The number of pyridine rings is 1. The van der Waals surface area contributed by atoms with Gasteiger partial charge in [0.1, 0.15) is 5.65 Å². The summed E-state index contributed by atoms with van der Waals surface area (Å²) < 4.78 is 41.8. The number of carbonyl (C=O) groups excluding carboxylic acids is 1. The van der Waals surface area contributed by atoms with E-state index in [-0.39, 0.29) is 22.6 Å². The third-order valence-corrected chi connectivity index (χ3v) is 7.00. The molecule has 0 radical (unpaired) electrons. The molecule has 0 atom stereocenters. The Balaban J connectivity index is 1.78. The highest BCUT2D eigenvalue weighted by Crippen LogP contribution is 2.30. The second-order valence-electron chi connectivity index (χ2n) is 7.70. The standard InChI is InChI=1S/C24H21ClFN3O3S/c1-3-10-33(31,32)29-20-9-4-14(2)21(22(20)26)23(30)19-13-28-24-18(19)11-16(12-27-24)15-5-7-17(25)8-6-15/h4-9,11-13,29H,3,10H2,1-2H3,(H,27,28). The minimum atomic E-state index is -3.72. The lowest BCUT2D eigenvalue weighted by Crippen LogP contribution is -2.18. The minimum Gasteiger partial charge on any atom is -0.345 e. The Morgan fingerprint density at radius 1 is 1.15 bits per heavy atom. The third kappa shape index (κ3) is 4.62. The zero-order chi connectivity index (χ0) is 23.8. The molecule has 2 N–H and O–H groups in total. The largest absolute Gasteiger partial charge is 0.345 e. The summed E-state index contributed by atoms with van der Waals surface area (Å²) in [6.45, 7) is 3.32. The number of carbonyl (C=O) groups is 1. The van der Waals surface area contributed by atoms with Crippen LogP contribution in [-0.2, 0) is 10.0 Å². The fourth-order valence-corrected chi connectivity index (χ4v) is 4.90. The number of benzene rings is 2. The predicted molar refractivity (Wildman–Crippen MR) is 129 cm³/mol. The first-order valence-electron chi connectivity index (χ1n) is 10.3. The first-order chi connectivity index (χ1) is 15.7. The van der Waals surface area contributed by atoms with Crippen LogP contribution in [0, 0.1) is 12.7 Å². The average Bonchev–Trinajstić information content (AvgIpc) is 3.19. The van der Waals surface area contributed by atoms with E-state index < -0.39 is 21.6 Å². The fraction of sp³-hybridized carbons (Fsp3) is 0.167. The number of aromatic nitrogens is 2. The van der Waals surface area contributed by atoms with Crippen LogP contribution in [0.3, 0.4) is 0 Å². The van der Waals surface area contributed by atoms with Gasteiger partial charge in [-0.3, -0.25) is 9.52 Å². The number of rotatable bonds is 7. The molecule has 2 aromatic carbocycles. The zero-order valence-corrected chi connectivity index (χ0v) is 19.5. The molecule has 4 aromatic rings. The molecule has 0 unspecified atom stereocenters. The Hall–Kier alpha value is -3.23. The van der Waals surface area contributed by atoms with E-state index in [4.69, 9.17) is 11.6 Å². The zero-order valence-electron chi connectivity index (χ0n) is 17.9. The highest BCUT2D eigenvalue weighted by molar-refractivity contribution is 7.92. The number of hydrogen-bond donors (Lipinski definition) is 2. The average molecular weight is 486 g/mol. The number of aryl methyl sites for hydroxylation is 1. The molecular weight excluding hydrogens is 465 g/mol. The molecule has 2 aromatic heterocycles. The highest BCUT2D eigenvalue weighted by Gasteiger charge is 2.24. The molecule has 33 heavy (non-hydrogen) atoms. The van der Waals surface area contributed by atoms with Crippen LogP contribution in [0.4, 0.5) is 10.1 Å². The molecular formula is C24H21ClFN3O3S. The fourth-order valence-electron chi connectivity index (χ4n) is 3.64. The highest BCUT2D eigenvalue weighted by atomic mass is 35.5. The predicted octanol–water partition coefficient (Wildman–Crippen LogP) is 5.71. The van der Waals surface area contributed by atoms with Crippen LogP contribution < -0.4 is 4.72 Å². The third-order valence-electron chi connectivity index (χ3n) is 5.27. The summed E-state index contributed by atoms with van der Waals surface area (Å²) >= 11 is 5.97. The van der Waals surface area contributed by atoms with E-state index in [1.54, 1.807) is 38.2 Å². The van der Waals surface area contributed by atoms with Crippen LogP contribution in [-0.4, -0.2) is 29.9 Å². The molecule has 2 heterocycles. The topological polar surface area (TPSA) is 91.9 Å². The number of H-pyrrole nitrogens is 1. The van der Waals surface area contributed by atoms with E-state index in [1.165, 1.54) is 18.3 Å². The van der Waals surface area contributed by atoms with E-state index in [0.29, 0.717) is 28.0 Å². The Bertz CT molecular complexity index is 1460. The van der Waals surface area contributed by atoms with E-state index >= 15 is 4.39 Å². The van der Waals surface area contributed by atoms with Gasteiger partial charge in [0.05, 0.1) is 17.0 Å². The number of aromatic amines is 1. The molecule has 6 nitrogen and oxygen atoms in total. The van der Waals surface area contributed by atoms with Gasteiger partial charge in [-0.2, -0.15) is 0 Å². The van der Waals surface area contributed by atoms with Gasteiger partial charge in [0.25, 0.3) is 0 Å². The number of nitrogens with one attached hydrogen (secondary N) is 2. The molecule has 170 valence electrons. The van der Waals surface area contributed by atoms with Gasteiger partial charge in [-0.25, -0.2) is 17.8 Å². The number of fused-ring (bicyclic) bond motifs is 1. The van der Waals surface area contributed by atoms with Crippen molar-refractivity contribution in [3.63, 3.8) is 0 Å². The minimum absolute atomic E-state index is 0.148. The summed E-state index contributed by atoms with van der Waals surface area (Å²) in [5.41, 5.74) is 2.31. The van der Waals surface area contributed by atoms with E-state index in [1.807, 2.05) is 12.1 Å². The lowest BCUT2D eigenvalue weighted by Gasteiger charge is -2.13. The van der Waals surface area contributed by atoms with E-state index in [9.17, 15) is 13.2 Å². The lowest BCUT2D eigenvalue weighted by molar-refractivity contribution is 0.103. The van der Waals surface area contributed by atoms with Crippen molar-refractivity contribution in [3.8, 4) is 11.1 Å². The van der Waals surface area contributed by atoms with Gasteiger partial charge in [0, 0.05) is 33.9 Å². The van der Waals surface area contributed by atoms with Crippen molar-refractivity contribution in [1.29, 1.82) is 0 Å². The second kappa shape index (κ2) is 8.96. The number of anilines is 1. The number of halogens is 2. The summed E-state index contributed by atoms with van der Waals surface area (Å²) in [6, 6.07) is 11.8. The van der Waals surface area contributed by atoms with Crippen molar-refractivity contribution in [2.45, 2.75) is 20.3 Å². The summed E-state index contributed by atoms with van der Waals surface area (Å²) in [4.78, 5) is 20.7. The van der Waals surface area contributed by atoms with Gasteiger partial charge in [-0.1, -0.05) is 36.7 Å². The molecule has 0 saturated carbocycles. The van der Waals surface area contributed by atoms with Gasteiger partial charge in [-0.15, -0.1) is 0 Å². The van der Waals surface area contributed by atoms with Gasteiger partial charge < -0.3 is 4.98 Å². The number of sulfonamides is 1. The SMILES string of the molecule is CCCS(=O)(=O)Nc1ccc(C)c(C(=O)c2c[nH]c3ncc(-c4ccc(Cl)cc4)cc23)c1F. The Morgan fingerprint density at radius 3 is 2.58 bits per heavy atom. The molecule has 0 aliphatic carbocycles. The van der Waals surface area contributed by atoms with Crippen molar-refractivity contribution >= 4 is 44.1 Å². The number of nitrogens with zero attached hydrogens (tertiary/aromatic N) is 1. The van der Waals surface area contributed by atoms with Crippen LogP contribution in [0.5, 0.6) is 0 Å². The van der Waals surface area contributed by atoms with Gasteiger partial charge >= 0.3 is 0 Å². The Labute approximate surface area is 195 Å². The van der Waals surface area contributed by atoms with Gasteiger partial charge in [-0.05, 0) is 48.7 Å². The molecule has 0 saturated heterocycles. The van der Waals surface area contributed by atoms with Crippen LogP contribution in [0.15, 0.2) is 54.9 Å². The molecule has 0 bridgehead atoms.